The van der Waals surface area contributed by atoms with Crippen molar-refractivity contribution in [1.29, 1.82) is 0 Å². The number of rotatable bonds is 7. The molecule has 0 spiro atoms. The fourth-order valence-corrected chi connectivity index (χ4v) is 8.08. The first-order valence-corrected chi connectivity index (χ1v) is 17.9. The van der Waals surface area contributed by atoms with Gasteiger partial charge in [-0.15, -0.1) is 0 Å². The van der Waals surface area contributed by atoms with Crippen LogP contribution in [0.25, 0.3) is 22.3 Å². The first kappa shape index (κ1) is 33.1. The van der Waals surface area contributed by atoms with Crippen LogP contribution in [0, 0.1) is 0 Å². The third-order valence-corrected chi connectivity index (χ3v) is 10.8. The lowest BCUT2D eigenvalue weighted by Crippen LogP contribution is -2.24. The molecule has 0 N–H and O–H groups in total. The van der Waals surface area contributed by atoms with Crippen LogP contribution >= 0.6 is 0 Å². The molecule has 0 amide bonds. The van der Waals surface area contributed by atoms with Gasteiger partial charge in [-0.2, -0.15) is 0 Å². The number of para-hydroxylation sites is 1. The predicted molar refractivity (Wildman–Crippen MR) is 216 cm³/mol. The lowest BCUT2D eigenvalue weighted by atomic mass is 9.79. The lowest BCUT2D eigenvalue weighted by molar-refractivity contribution is 0.658. The van der Waals surface area contributed by atoms with Crippen LogP contribution in [0.2, 0.25) is 0 Å². The number of anilines is 1. The van der Waals surface area contributed by atoms with E-state index < -0.39 is 0 Å². The Morgan fingerprint density at radius 3 is 2.38 bits per heavy atom. The molecular formula is C49H47N. The van der Waals surface area contributed by atoms with Crippen molar-refractivity contribution in [2.75, 3.05) is 4.90 Å². The molecule has 248 valence electrons. The first-order chi connectivity index (χ1) is 24.2. The van der Waals surface area contributed by atoms with Crippen molar-refractivity contribution < 1.29 is 0 Å². The average molecular weight is 650 g/mol. The molecule has 0 fully saturated rings. The van der Waals surface area contributed by atoms with Crippen LogP contribution < -0.4 is 4.90 Å². The van der Waals surface area contributed by atoms with Crippen molar-refractivity contribution in [2.45, 2.75) is 58.8 Å². The molecule has 0 saturated carbocycles. The maximum atomic E-state index is 4.89. The molecule has 3 aliphatic rings. The molecule has 0 aromatic heterocycles. The van der Waals surface area contributed by atoms with Gasteiger partial charge in [0, 0.05) is 23.1 Å². The highest BCUT2D eigenvalue weighted by molar-refractivity contribution is 5.99. The molecule has 1 heteroatoms. The molecule has 7 rings (SSSR count). The molecule has 4 aromatic carbocycles. The van der Waals surface area contributed by atoms with Crippen molar-refractivity contribution in [1.82, 2.24) is 0 Å². The van der Waals surface area contributed by atoms with E-state index in [0.717, 1.165) is 40.9 Å². The minimum absolute atomic E-state index is 0.191. The van der Waals surface area contributed by atoms with E-state index in [9.17, 15) is 0 Å². The van der Waals surface area contributed by atoms with Gasteiger partial charge in [0.15, 0.2) is 0 Å². The average Bonchev–Trinajstić information content (AvgIpc) is 3.34. The summed E-state index contributed by atoms with van der Waals surface area (Å²) in [6, 6.07) is 35.2. The van der Waals surface area contributed by atoms with Crippen LogP contribution in [-0.4, -0.2) is 0 Å². The monoisotopic (exact) mass is 649 g/mol. The van der Waals surface area contributed by atoms with E-state index in [0.29, 0.717) is 0 Å². The van der Waals surface area contributed by atoms with Crippen LogP contribution in [0.15, 0.2) is 181 Å². The van der Waals surface area contributed by atoms with Crippen LogP contribution in [0.4, 0.5) is 5.69 Å². The molecule has 0 bridgehead atoms. The van der Waals surface area contributed by atoms with Crippen molar-refractivity contribution in [3.8, 4) is 11.1 Å². The minimum Gasteiger partial charge on any atom is -0.316 e. The molecule has 1 heterocycles. The second-order valence-corrected chi connectivity index (χ2v) is 14.2. The molecule has 0 saturated heterocycles. The highest BCUT2D eigenvalue weighted by Crippen LogP contribution is 2.52. The molecule has 1 atom stereocenters. The standard InChI is InChI=1S/C49H47N/c1-8-10-26-46(35(5)42-31-38(29-28-33(42)3)40-24-18-21-36(9-2)48(40)37-19-12-11-13-20-37)50-32-45-43(30-34(4)39-22-15-17-27-47(39)50)41-23-14-16-25-44(41)49(45,6)7/h8,10-28,30-32,38H,4-5,9,29H2,1-3,6-7H3/b10-8-,43-30-,45-32+,46-26+. The fraction of sp³-hybridized carbons (Fsp3) is 0.184. The zero-order chi connectivity index (χ0) is 35.0. The van der Waals surface area contributed by atoms with Crippen LogP contribution in [-0.2, 0) is 11.8 Å². The molecule has 4 aromatic rings. The van der Waals surface area contributed by atoms with Crippen molar-refractivity contribution in [2.24, 2.45) is 0 Å². The summed E-state index contributed by atoms with van der Waals surface area (Å²) < 4.78 is 0. The SMILES string of the molecule is C=C(C1=CC(c2cccc(CC)c2-c2ccccc2)CC=C1C)/C(=C\C=C/C)N1/C=C2\C(=C/C(=C)c3ccccc31)c1ccccc1C2(C)C. The Hall–Kier alpha value is -5.40. The summed E-state index contributed by atoms with van der Waals surface area (Å²) in [5, 5.41) is 0. The van der Waals surface area contributed by atoms with Gasteiger partial charge in [0.2, 0.25) is 0 Å². The van der Waals surface area contributed by atoms with Crippen LogP contribution in [0.5, 0.6) is 0 Å². The summed E-state index contributed by atoms with van der Waals surface area (Å²) in [5.74, 6) is 0.227. The number of fused-ring (bicyclic) bond motifs is 4. The Bertz CT molecular complexity index is 2190. The van der Waals surface area contributed by atoms with E-state index in [1.54, 1.807) is 0 Å². The summed E-state index contributed by atoms with van der Waals surface area (Å²) in [5.41, 5.74) is 18.1. The van der Waals surface area contributed by atoms with Gasteiger partial charge in [-0.05, 0) is 112 Å². The Balaban J connectivity index is 1.40. The quantitative estimate of drug-likeness (QED) is 0.180. The van der Waals surface area contributed by atoms with E-state index >= 15 is 0 Å². The summed E-state index contributed by atoms with van der Waals surface area (Å²) in [6.07, 6.45) is 18.0. The highest BCUT2D eigenvalue weighted by atomic mass is 15.1. The van der Waals surface area contributed by atoms with E-state index in [4.69, 9.17) is 6.58 Å². The topological polar surface area (TPSA) is 3.24 Å². The van der Waals surface area contributed by atoms with E-state index in [1.807, 2.05) is 0 Å². The summed E-state index contributed by atoms with van der Waals surface area (Å²) >= 11 is 0. The Kier molecular flexibility index (Phi) is 8.93. The normalized spacial score (nSPS) is 20.3. The lowest BCUT2D eigenvalue weighted by Gasteiger charge is -2.34. The van der Waals surface area contributed by atoms with Gasteiger partial charge in [0.25, 0.3) is 0 Å². The number of nitrogens with zero attached hydrogens (tertiary/aromatic N) is 1. The predicted octanol–water partition coefficient (Wildman–Crippen LogP) is 13.1. The summed E-state index contributed by atoms with van der Waals surface area (Å²) in [7, 11) is 0. The van der Waals surface area contributed by atoms with E-state index in [2.05, 4.69) is 186 Å². The summed E-state index contributed by atoms with van der Waals surface area (Å²) in [4.78, 5) is 2.38. The zero-order valence-corrected chi connectivity index (χ0v) is 30.1. The third kappa shape index (κ3) is 5.71. The number of aryl methyl sites for hydroxylation is 1. The maximum absolute atomic E-state index is 4.89. The van der Waals surface area contributed by atoms with Crippen LogP contribution in [0.1, 0.15) is 74.8 Å². The van der Waals surface area contributed by atoms with Crippen molar-refractivity contribution in [3.63, 3.8) is 0 Å². The molecule has 0 radical (unpaired) electrons. The number of hydrogen-bond donors (Lipinski definition) is 0. The highest BCUT2D eigenvalue weighted by Gasteiger charge is 2.40. The molecule has 1 aliphatic heterocycles. The van der Waals surface area contributed by atoms with E-state index in [1.165, 1.54) is 55.7 Å². The molecule has 2 aliphatic carbocycles. The van der Waals surface area contributed by atoms with Crippen LogP contribution in [0.3, 0.4) is 0 Å². The Labute approximate surface area is 299 Å². The first-order valence-electron chi connectivity index (χ1n) is 17.9. The number of benzene rings is 4. The number of allylic oxidation sites excluding steroid dienone is 11. The maximum Gasteiger partial charge on any atom is 0.0534 e. The Morgan fingerprint density at radius 1 is 0.900 bits per heavy atom. The van der Waals surface area contributed by atoms with Gasteiger partial charge in [0.1, 0.15) is 0 Å². The molecule has 1 unspecified atom stereocenters. The molecule has 50 heavy (non-hydrogen) atoms. The van der Waals surface area contributed by atoms with Crippen molar-refractivity contribution >= 4 is 16.8 Å². The van der Waals surface area contributed by atoms with Crippen molar-refractivity contribution in [3.05, 3.63) is 209 Å². The number of hydrogen-bond acceptors (Lipinski definition) is 1. The fourth-order valence-electron chi connectivity index (χ4n) is 8.08. The van der Waals surface area contributed by atoms with Gasteiger partial charge >= 0.3 is 0 Å². The van der Waals surface area contributed by atoms with Gasteiger partial charge in [-0.25, -0.2) is 0 Å². The summed E-state index contributed by atoms with van der Waals surface area (Å²) in [6.45, 7) is 20.8. The second kappa shape index (κ2) is 13.5. The molecule has 1 nitrogen and oxygen atoms in total. The second-order valence-electron chi connectivity index (χ2n) is 14.2. The smallest absolute Gasteiger partial charge is 0.0534 e. The minimum atomic E-state index is -0.191. The van der Waals surface area contributed by atoms with Gasteiger partial charge in [0.05, 0.1) is 11.4 Å². The van der Waals surface area contributed by atoms with Gasteiger partial charge < -0.3 is 4.90 Å². The van der Waals surface area contributed by atoms with E-state index in [-0.39, 0.29) is 11.3 Å². The zero-order valence-electron chi connectivity index (χ0n) is 30.1. The molecular weight excluding hydrogens is 603 g/mol. The third-order valence-electron chi connectivity index (χ3n) is 10.8. The van der Waals surface area contributed by atoms with Gasteiger partial charge in [-0.1, -0.05) is 149 Å². The Morgan fingerprint density at radius 2 is 1.62 bits per heavy atom. The largest absolute Gasteiger partial charge is 0.316 e. The van der Waals surface area contributed by atoms with Gasteiger partial charge in [-0.3, -0.25) is 0 Å².